The molecule has 2 atom stereocenters. The van der Waals surface area contributed by atoms with E-state index in [2.05, 4.69) is 10.6 Å². The Morgan fingerprint density at radius 2 is 1.72 bits per heavy atom. The fraction of sp³-hybridized carbons (Fsp3) is 0.316. The van der Waals surface area contributed by atoms with Crippen LogP contribution in [0.15, 0.2) is 54.6 Å². The van der Waals surface area contributed by atoms with Crippen LogP contribution in [0.25, 0.3) is 0 Å². The van der Waals surface area contributed by atoms with Gasteiger partial charge in [-0.05, 0) is 29.7 Å². The smallest absolute Gasteiger partial charge is 0.241 e. The van der Waals surface area contributed by atoms with Gasteiger partial charge in [-0.1, -0.05) is 42.5 Å². The highest BCUT2D eigenvalue weighted by molar-refractivity contribution is 5.95. The van der Waals surface area contributed by atoms with Crippen molar-refractivity contribution in [1.29, 1.82) is 0 Å². The molecule has 0 aliphatic carbocycles. The Balaban J connectivity index is 0.00000225. The molecular weight excluding hydrogens is 340 g/mol. The number of carbonyl (C=O) groups is 1. The van der Waals surface area contributed by atoms with Gasteiger partial charge in [-0.2, -0.15) is 0 Å². The maximum atomic E-state index is 12.1. The zero-order chi connectivity index (χ0) is 16.8. The highest BCUT2D eigenvalue weighted by Crippen LogP contribution is 2.14. The molecule has 1 saturated heterocycles. The highest BCUT2D eigenvalue weighted by Gasteiger charge is 2.27. The minimum atomic E-state index is -0.440. The number of hydrogen-bond acceptors (Lipinski definition) is 4. The Labute approximate surface area is 153 Å². The van der Waals surface area contributed by atoms with E-state index in [4.69, 9.17) is 4.74 Å². The van der Waals surface area contributed by atoms with Crippen LogP contribution in [-0.4, -0.2) is 29.7 Å². The topological polar surface area (TPSA) is 70.6 Å². The van der Waals surface area contributed by atoms with Crippen molar-refractivity contribution in [2.45, 2.75) is 31.8 Å². The monoisotopic (exact) mass is 362 g/mol. The largest absolute Gasteiger partial charge is 0.392 e. The van der Waals surface area contributed by atoms with Crippen molar-refractivity contribution < 1.29 is 14.6 Å². The first-order valence-electron chi connectivity index (χ1n) is 8.13. The van der Waals surface area contributed by atoms with Crippen LogP contribution in [0.2, 0.25) is 0 Å². The molecule has 3 rings (SSSR count). The third-order valence-corrected chi connectivity index (χ3v) is 4.03. The first-order valence-corrected chi connectivity index (χ1v) is 8.13. The van der Waals surface area contributed by atoms with Crippen LogP contribution in [0.5, 0.6) is 0 Å². The quantitative estimate of drug-likeness (QED) is 0.738. The Morgan fingerprint density at radius 1 is 1.08 bits per heavy atom. The minimum absolute atomic E-state index is 0. The molecule has 2 aromatic rings. The zero-order valence-corrected chi connectivity index (χ0v) is 14.7. The van der Waals surface area contributed by atoms with E-state index in [-0.39, 0.29) is 24.4 Å². The maximum absolute atomic E-state index is 12.1. The highest BCUT2D eigenvalue weighted by atomic mass is 35.5. The third kappa shape index (κ3) is 5.83. The average molecular weight is 363 g/mol. The van der Waals surface area contributed by atoms with E-state index in [1.165, 1.54) is 0 Å². The molecule has 0 bridgehead atoms. The average Bonchev–Trinajstić information content (AvgIpc) is 3.04. The van der Waals surface area contributed by atoms with Gasteiger partial charge in [-0.3, -0.25) is 4.79 Å². The Morgan fingerprint density at radius 3 is 2.32 bits per heavy atom. The minimum Gasteiger partial charge on any atom is -0.392 e. The molecule has 134 valence electrons. The SMILES string of the molecule is Cl.O=C(Nc1ccc(COCc2ccccc2)cc1)C1CC(O)CN1. The molecule has 1 aliphatic heterocycles. The van der Waals surface area contributed by atoms with Gasteiger partial charge in [0.1, 0.15) is 0 Å². The second kappa shape index (κ2) is 9.53. The lowest BCUT2D eigenvalue weighted by atomic mass is 10.1. The van der Waals surface area contributed by atoms with Crippen LogP contribution in [0.4, 0.5) is 5.69 Å². The van der Waals surface area contributed by atoms with Crippen LogP contribution < -0.4 is 10.6 Å². The fourth-order valence-electron chi connectivity index (χ4n) is 2.69. The van der Waals surface area contributed by atoms with Gasteiger partial charge in [0.25, 0.3) is 0 Å². The second-order valence-corrected chi connectivity index (χ2v) is 6.01. The third-order valence-electron chi connectivity index (χ3n) is 4.03. The van der Waals surface area contributed by atoms with E-state index in [1.807, 2.05) is 54.6 Å². The summed E-state index contributed by atoms with van der Waals surface area (Å²) in [7, 11) is 0. The number of benzene rings is 2. The normalized spacial score (nSPS) is 19.2. The number of hydrogen-bond donors (Lipinski definition) is 3. The van der Waals surface area contributed by atoms with Crippen molar-refractivity contribution in [3.8, 4) is 0 Å². The van der Waals surface area contributed by atoms with Gasteiger partial charge in [0, 0.05) is 12.2 Å². The molecular formula is C19H23ClN2O3. The number of ether oxygens (including phenoxy) is 1. The first kappa shape index (κ1) is 19.4. The number of aliphatic hydroxyl groups is 1. The predicted octanol–water partition coefficient (Wildman–Crippen LogP) is 2.49. The number of nitrogens with one attached hydrogen (secondary N) is 2. The number of halogens is 1. The summed E-state index contributed by atoms with van der Waals surface area (Å²) in [5.74, 6) is -0.111. The predicted molar refractivity (Wildman–Crippen MR) is 99.7 cm³/mol. The lowest BCUT2D eigenvalue weighted by Gasteiger charge is -2.11. The van der Waals surface area contributed by atoms with E-state index in [9.17, 15) is 9.90 Å². The molecule has 5 nitrogen and oxygen atoms in total. The summed E-state index contributed by atoms with van der Waals surface area (Å²) < 4.78 is 5.69. The fourth-order valence-corrected chi connectivity index (χ4v) is 2.69. The molecule has 3 N–H and O–H groups in total. The summed E-state index contributed by atoms with van der Waals surface area (Å²) in [5, 5.41) is 15.3. The lowest BCUT2D eigenvalue weighted by Crippen LogP contribution is -2.35. The molecule has 1 amide bonds. The van der Waals surface area contributed by atoms with E-state index < -0.39 is 6.10 Å². The van der Waals surface area contributed by atoms with Gasteiger partial charge in [0.2, 0.25) is 5.91 Å². The van der Waals surface area contributed by atoms with Gasteiger partial charge in [-0.25, -0.2) is 0 Å². The van der Waals surface area contributed by atoms with E-state index >= 15 is 0 Å². The zero-order valence-electron chi connectivity index (χ0n) is 13.9. The molecule has 0 aromatic heterocycles. The van der Waals surface area contributed by atoms with Crippen molar-refractivity contribution in [3.05, 3.63) is 65.7 Å². The van der Waals surface area contributed by atoms with Gasteiger partial charge < -0.3 is 20.5 Å². The summed E-state index contributed by atoms with van der Waals surface area (Å²) in [4.78, 5) is 12.1. The standard InChI is InChI=1S/C19H22N2O3.ClH/c22-17-10-18(20-11-17)19(23)21-16-8-6-15(7-9-16)13-24-12-14-4-2-1-3-5-14;/h1-9,17-18,20,22H,10-13H2,(H,21,23);1H. The van der Waals surface area contributed by atoms with E-state index in [1.54, 1.807) is 0 Å². The van der Waals surface area contributed by atoms with Gasteiger partial charge in [-0.15, -0.1) is 12.4 Å². The molecule has 6 heteroatoms. The molecule has 25 heavy (non-hydrogen) atoms. The van der Waals surface area contributed by atoms with Crippen molar-refractivity contribution in [1.82, 2.24) is 5.32 Å². The van der Waals surface area contributed by atoms with Crippen LogP contribution in [0.1, 0.15) is 17.5 Å². The number of carbonyl (C=O) groups excluding carboxylic acids is 1. The molecule has 2 unspecified atom stereocenters. The second-order valence-electron chi connectivity index (χ2n) is 6.01. The molecule has 1 aliphatic rings. The van der Waals surface area contributed by atoms with Gasteiger partial charge in [0.05, 0.1) is 25.4 Å². The number of amides is 1. The molecule has 1 heterocycles. The lowest BCUT2D eigenvalue weighted by molar-refractivity contribution is -0.117. The summed E-state index contributed by atoms with van der Waals surface area (Å²) in [6.45, 7) is 1.57. The van der Waals surface area contributed by atoms with Crippen molar-refractivity contribution >= 4 is 24.0 Å². The number of aliphatic hydroxyl groups excluding tert-OH is 1. The van der Waals surface area contributed by atoms with Crippen LogP contribution in [-0.2, 0) is 22.7 Å². The van der Waals surface area contributed by atoms with Gasteiger partial charge >= 0.3 is 0 Å². The summed E-state index contributed by atoms with van der Waals surface area (Å²) in [6, 6.07) is 17.3. The van der Waals surface area contributed by atoms with E-state index in [0.29, 0.717) is 26.2 Å². The Kier molecular flexibility index (Phi) is 7.40. The molecule has 2 aromatic carbocycles. The van der Waals surface area contributed by atoms with Crippen LogP contribution in [0, 0.1) is 0 Å². The van der Waals surface area contributed by atoms with Crippen LogP contribution in [0.3, 0.4) is 0 Å². The number of rotatable bonds is 6. The van der Waals surface area contributed by atoms with Crippen molar-refractivity contribution in [2.24, 2.45) is 0 Å². The maximum Gasteiger partial charge on any atom is 0.241 e. The molecule has 0 spiro atoms. The molecule has 1 fully saturated rings. The van der Waals surface area contributed by atoms with Gasteiger partial charge in [0.15, 0.2) is 0 Å². The number of anilines is 1. The number of β-amino-alcohol motifs (C(OH)–C–C–N with tert-alkyl or cyclic N) is 1. The molecule has 0 saturated carbocycles. The van der Waals surface area contributed by atoms with Crippen molar-refractivity contribution in [3.63, 3.8) is 0 Å². The summed E-state index contributed by atoms with van der Waals surface area (Å²) >= 11 is 0. The Bertz CT molecular complexity index is 664. The van der Waals surface area contributed by atoms with E-state index in [0.717, 1.165) is 16.8 Å². The summed E-state index contributed by atoms with van der Waals surface area (Å²) in [6.07, 6.45) is 0.0157. The summed E-state index contributed by atoms with van der Waals surface area (Å²) in [5.41, 5.74) is 2.95. The molecule has 0 radical (unpaired) electrons. The first-order chi connectivity index (χ1) is 11.7. The van der Waals surface area contributed by atoms with Crippen molar-refractivity contribution in [2.75, 3.05) is 11.9 Å². The van der Waals surface area contributed by atoms with Crippen LogP contribution >= 0.6 is 12.4 Å². The Hall–Kier alpha value is -1.92.